The van der Waals surface area contributed by atoms with E-state index in [1.165, 1.54) is 75.3 Å². The maximum Gasteiger partial charge on any atom is 0.0476 e. The summed E-state index contributed by atoms with van der Waals surface area (Å²) in [5, 5.41) is 7.92. The molecule has 1 aromatic heterocycles. The summed E-state index contributed by atoms with van der Waals surface area (Å²) in [6.45, 7) is 4.71. The lowest BCUT2D eigenvalue weighted by Crippen LogP contribution is -2.16. The molecule has 1 nitrogen and oxygen atoms in total. The van der Waals surface area contributed by atoms with Crippen LogP contribution in [0.3, 0.4) is 0 Å². The fourth-order valence-electron chi connectivity index (χ4n) is 7.30. The van der Waals surface area contributed by atoms with Gasteiger partial charge in [-0.1, -0.05) is 117 Å². The van der Waals surface area contributed by atoms with Gasteiger partial charge in [-0.2, -0.15) is 0 Å². The molecule has 7 aromatic carbocycles. The van der Waals surface area contributed by atoms with E-state index in [4.69, 9.17) is 0 Å². The van der Waals surface area contributed by atoms with Crippen molar-refractivity contribution < 1.29 is 0 Å². The highest BCUT2D eigenvalue weighted by Gasteiger charge is 2.35. The summed E-state index contributed by atoms with van der Waals surface area (Å²) in [7, 11) is 0. The Hall–Kier alpha value is -4.92. The first-order chi connectivity index (χ1) is 21.1. The number of hydrogen-bond acceptors (Lipinski definition) is 2. The lowest BCUT2D eigenvalue weighted by molar-refractivity contribution is 0.660. The second-order valence-corrected chi connectivity index (χ2v) is 13.2. The Balaban J connectivity index is 1.26. The van der Waals surface area contributed by atoms with Crippen molar-refractivity contribution in [3.63, 3.8) is 0 Å². The van der Waals surface area contributed by atoms with Crippen LogP contribution in [0.4, 0.5) is 17.1 Å². The third-order valence-electron chi connectivity index (χ3n) is 9.43. The largest absolute Gasteiger partial charge is 0.310 e. The molecule has 204 valence electrons. The molecule has 2 heteroatoms. The molecule has 1 aliphatic rings. The number of para-hydroxylation sites is 1. The van der Waals surface area contributed by atoms with Gasteiger partial charge in [-0.25, -0.2) is 0 Å². The molecule has 1 aliphatic carbocycles. The fraction of sp³-hybridized carbons (Fsp3) is 0.0732. The summed E-state index contributed by atoms with van der Waals surface area (Å²) in [6, 6.07) is 51.5. The predicted molar refractivity (Wildman–Crippen MR) is 187 cm³/mol. The van der Waals surface area contributed by atoms with Gasteiger partial charge in [0.25, 0.3) is 0 Å². The summed E-state index contributed by atoms with van der Waals surface area (Å²) in [6.07, 6.45) is 0. The van der Waals surface area contributed by atoms with Gasteiger partial charge in [0, 0.05) is 48.0 Å². The number of nitrogens with zero attached hydrogens (tertiary/aromatic N) is 1. The zero-order valence-corrected chi connectivity index (χ0v) is 25.0. The Kier molecular flexibility index (Phi) is 5.18. The van der Waals surface area contributed by atoms with Crippen LogP contribution in [0.25, 0.3) is 52.8 Å². The molecule has 0 saturated heterocycles. The van der Waals surface area contributed by atoms with Crippen LogP contribution in [0.1, 0.15) is 25.0 Å². The molecule has 0 unspecified atom stereocenters. The Bertz CT molecular complexity index is 2380. The van der Waals surface area contributed by atoms with Gasteiger partial charge < -0.3 is 4.90 Å². The number of benzene rings is 7. The molecule has 8 aromatic rings. The zero-order chi connectivity index (χ0) is 28.7. The predicted octanol–water partition coefficient (Wildman–Crippen LogP) is 12.1. The van der Waals surface area contributed by atoms with Gasteiger partial charge in [-0.3, -0.25) is 0 Å². The minimum absolute atomic E-state index is 0.0520. The molecular weight excluding hydrogens is 539 g/mol. The second kappa shape index (κ2) is 9.04. The van der Waals surface area contributed by atoms with Crippen LogP contribution in [-0.4, -0.2) is 0 Å². The van der Waals surface area contributed by atoms with Crippen molar-refractivity contribution in [2.24, 2.45) is 0 Å². The summed E-state index contributed by atoms with van der Waals surface area (Å²) in [4.78, 5) is 2.41. The molecule has 0 bridgehead atoms. The molecule has 0 saturated carbocycles. The Morgan fingerprint density at radius 3 is 2.07 bits per heavy atom. The van der Waals surface area contributed by atoms with Gasteiger partial charge in [0.1, 0.15) is 0 Å². The molecule has 1 heterocycles. The summed E-state index contributed by atoms with van der Waals surface area (Å²) < 4.78 is 2.67. The van der Waals surface area contributed by atoms with Gasteiger partial charge >= 0.3 is 0 Å². The van der Waals surface area contributed by atoms with E-state index in [1.54, 1.807) is 0 Å². The number of thiophene rings is 1. The van der Waals surface area contributed by atoms with Gasteiger partial charge in [0.2, 0.25) is 0 Å². The Labute approximate surface area is 255 Å². The van der Waals surface area contributed by atoms with E-state index in [1.807, 2.05) is 11.3 Å². The van der Waals surface area contributed by atoms with Crippen LogP contribution in [0, 0.1) is 0 Å². The van der Waals surface area contributed by atoms with Gasteiger partial charge in [0.15, 0.2) is 0 Å². The molecule has 0 radical (unpaired) electrons. The molecule has 0 amide bonds. The lowest BCUT2D eigenvalue weighted by Gasteiger charge is -2.28. The van der Waals surface area contributed by atoms with E-state index >= 15 is 0 Å². The van der Waals surface area contributed by atoms with Crippen LogP contribution in [0.15, 0.2) is 140 Å². The van der Waals surface area contributed by atoms with Crippen LogP contribution in [-0.2, 0) is 5.41 Å². The lowest BCUT2D eigenvalue weighted by atomic mass is 9.82. The first-order valence-corrected chi connectivity index (χ1v) is 15.8. The maximum atomic E-state index is 2.41. The average Bonchev–Trinajstić information content (AvgIpc) is 3.53. The standard InChI is InChI=1S/C41H29NS/c1-41(2)36-15-9-8-14-32(36)33-22-19-29(24-37(33)41)42(28-11-4-3-5-12-28)30-20-23-34-35-21-18-27-17-16-26-10-6-7-13-31(26)39(27)40(35)43-38(34)25-30/h3-25H,1-2H3. The van der Waals surface area contributed by atoms with Crippen molar-refractivity contribution in [2.45, 2.75) is 19.3 Å². The molecule has 43 heavy (non-hydrogen) atoms. The Morgan fingerprint density at radius 1 is 0.488 bits per heavy atom. The van der Waals surface area contributed by atoms with Crippen molar-refractivity contribution in [3.05, 3.63) is 151 Å². The molecular formula is C41H29NS. The number of rotatable bonds is 3. The van der Waals surface area contributed by atoms with Crippen LogP contribution in [0.2, 0.25) is 0 Å². The summed E-state index contributed by atoms with van der Waals surface area (Å²) in [5.41, 5.74) is 8.95. The van der Waals surface area contributed by atoms with E-state index in [9.17, 15) is 0 Å². The highest BCUT2D eigenvalue weighted by Crippen LogP contribution is 2.51. The van der Waals surface area contributed by atoms with E-state index in [0.29, 0.717) is 0 Å². The van der Waals surface area contributed by atoms with E-state index < -0.39 is 0 Å². The molecule has 9 rings (SSSR count). The number of hydrogen-bond donors (Lipinski definition) is 0. The van der Waals surface area contributed by atoms with Crippen LogP contribution < -0.4 is 4.90 Å². The van der Waals surface area contributed by atoms with Crippen molar-refractivity contribution in [1.29, 1.82) is 0 Å². The summed E-state index contributed by atoms with van der Waals surface area (Å²) in [5.74, 6) is 0. The van der Waals surface area contributed by atoms with Gasteiger partial charge in [-0.15, -0.1) is 11.3 Å². The van der Waals surface area contributed by atoms with Gasteiger partial charge in [0.05, 0.1) is 0 Å². The van der Waals surface area contributed by atoms with E-state index in [2.05, 4.69) is 158 Å². The summed E-state index contributed by atoms with van der Waals surface area (Å²) >= 11 is 1.91. The quantitative estimate of drug-likeness (QED) is 0.192. The monoisotopic (exact) mass is 567 g/mol. The SMILES string of the molecule is CC1(C)c2ccccc2-c2ccc(N(c3ccccc3)c3ccc4c(c3)sc3c4ccc4ccc5ccccc5c43)cc21. The van der Waals surface area contributed by atoms with Gasteiger partial charge in [-0.05, 0) is 74.8 Å². The minimum atomic E-state index is -0.0520. The van der Waals surface area contributed by atoms with Crippen molar-refractivity contribution in [1.82, 2.24) is 0 Å². The molecule has 0 atom stereocenters. The molecule has 0 N–H and O–H groups in total. The first-order valence-electron chi connectivity index (χ1n) is 14.9. The average molecular weight is 568 g/mol. The number of anilines is 3. The first kappa shape index (κ1) is 24.7. The molecule has 0 spiro atoms. The Morgan fingerprint density at radius 2 is 1.16 bits per heavy atom. The maximum absolute atomic E-state index is 2.41. The second-order valence-electron chi connectivity index (χ2n) is 12.2. The fourth-order valence-corrected chi connectivity index (χ4v) is 8.61. The smallest absolute Gasteiger partial charge is 0.0476 e. The van der Waals surface area contributed by atoms with E-state index in [0.717, 1.165) is 5.69 Å². The normalized spacial score (nSPS) is 13.5. The third-order valence-corrected chi connectivity index (χ3v) is 10.6. The minimum Gasteiger partial charge on any atom is -0.310 e. The number of fused-ring (bicyclic) bond motifs is 10. The van der Waals surface area contributed by atoms with E-state index in [-0.39, 0.29) is 5.41 Å². The highest BCUT2D eigenvalue weighted by atomic mass is 32.1. The van der Waals surface area contributed by atoms with Crippen molar-refractivity contribution in [3.8, 4) is 11.1 Å². The van der Waals surface area contributed by atoms with Crippen LogP contribution >= 0.6 is 11.3 Å². The van der Waals surface area contributed by atoms with Crippen molar-refractivity contribution in [2.75, 3.05) is 4.90 Å². The topological polar surface area (TPSA) is 3.24 Å². The zero-order valence-electron chi connectivity index (χ0n) is 24.1. The highest BCUT2D eigenvalue weighted by molar-refractivity contribution is 7.26. The van der Waals surface area contributed by atoms with Crippen molar-refractivity contribution >= 4 is 70.1 Å². The molecule has 0 fully saturated rings. The third kappa shape index (κ3) is 3.57. The molecule has 0 aliphatic heterocycles. The van der Waals surface area contributed by atoms with Crippen LogP contribution in [0.5, 0.6) is 0 Å².